The lowest BCUT2D eigenvalue weighted by Gasteiger charge is -2.27. The predicted molar refractivity (Wildman–Crippen MR) is 79.6 cm³/mol. The van der Waals surface area contributed by atoms with E-state index >= 15 is 0 Å². The largest absolute Gasteiger partial charge is 0.300 e. The summed E-state index contributed by atoms with van der Waals surface area (Å²) < 4.78 is 0. The average Bonchev–Trinajstić information content (AvgIpc) is 2.73. The minimum Gasteiger partial charge on any atom is -0.300 e. The summed E-state index contributed by atoms with van der Waals surface area (Å²) in [5.74, 6) is -0.444. The minimum atomic E-state index is -0.483. The lowest BCUT2D eigenvalue weighted by atomic mass is 10.00. The van der Waals surface area contributed by atoms with Gasteiger partial charge in [0.1, 0.15) is 0 Å². The van der Waals surface area contributed by atoms with E-state index in [1.807, 2.05) is 26.8 Å². The average molecular weight is 285 g/mol. The van der Waals surface area contributed by atoms with Crippen molar-refractivity contribution in [3.63, 3.8) is 0 Å². The van der Waals surface area contributed by atoms with Gasteiger partial charge in [0, 0.05) is 5.54 Å². The third-order valence-corrected chi connectivity index (χ3v) is 3.85. The Labute approximate surface area is 124 Å². The Morgan fingerprint density at radius 3 is 2.48 bits per heavy atom. The van der Waals surface area contributed by atoms with Gasteiger partial charge in [-0.25, -0.2) is 4.90 Å². The summed E-state index contributed by atoms with van der Waals surface area (Å²) in [5.41, 5.74) is 0.823. The Morgan fingerprint density at radius 1 is 1.33 bits per heavy atom. The normalized spacial score (nSPS) is 19.0. The molecular weight excluding hydrogens is 266 g/mol. The second kappa shape index (κ2) is 5.66. The quantitative estimate of drug-likeness (QED) is 0.858. The van der Waals surface area contributed by atoms with Crippen molar-refractivity contribution in [1.82, 2.24) is 5.32 Å². The van der Waals surface area contributed by atoms with E-state index in [0.717, 1.165) is 6.42 Å². The SMILES string of the molecule is CCC(C)(C)NC1CC(=O)N(c2ccc(C#N)cc2)C1=O. The monoisotopic (exact) mass is 285 g/mol. The molecule has 5 nitrogen and oxygen atoms in total. The van der Waals surface area contributed by atoms with Crippen LogP contribution in [0, 0.1) is 11.3 Å². The molecule has 0 spiro atoms. The first-order valence-corrected chi connectivity index (χ1v) is 7.02. The van der Waals surface area contributed by atoms with Gasteiger partial charge in [0.15, 0.2) is 0 Å². The van der Waals surface area contributed by atoms with Crippen LogP contribution in [0.1, 0.15) is 39.2 Å². The summed E-state index contributed by atoms with van der Waals surface area (Å²) in [7, 11) is 0. The molecule has 1 saturated heterocycles. The number of hydrogen-bond donors (Lipinski definition) is 1. The minimum absolute atomic E-state index is 0.169. The summed E-state index contributed by atoms with van der Waals surface area (Å²) in [6.07, 6.45) is 1.03. The van der Waals surface area contributed by atoms with Gasteiger partial charge in [-0.1, -0.05) is 6.92 Å². The van der Waals surface area contributed by atoms with Crippen molar-refractivity contribution in [2.75, 3.05) is 4.90 Å². The van der Waals surface area contributed by atoms with Crippen molar-refractivity contribution >= 4 is 17.5 Å². The van der Waals surface area contributed by atoms with Gasteiger partial charge < -0.3 is 5.32 Å². The Bertz CT molecular complexity index is 599. The van der Waals surface area contributed by atoms with Crippen LogP contribution in [0.15, 0.2) is 24.3 Å². The highest BCUT2D eigenvalue weighted by atomic mass is 16.2. The van der Waals surface area contributed by atoms with E-state index in [4.69, 9.17) is 5.26 Å². The summed E-state index contributed by atoms with van der Waals surface area (Å²) >= 11 is 0. The van der Waals surface area contributed by atoms with E-state index in [9.17, 15) is 9.59 Å². The van der Waals surface area contributed by atoms with Crippen LogP contribution in [-0.4, -0.2) is 23.4 Å². The van der Waals surface area contributed by atoms with Crippen molar-refractivity contribution < 1.29 is 9.59 Å². The predicted octanol–water partition coefficient (Wildman–Crippen LogP) is 1.97. The highest BCUT2D eigenvalue weighted by Gasteiger charge is 2.41. The molecule has 1 unspecified atom stereocenters. The molecular formula is C16H19N3O2. The lowest BCUT2D eigenvalue weighted by Crippen LogP contribution is -2.49. The summed E-state index contributed by atoms with van der Waals surface area (Å²) in [6.45, 7) is 6.05. The van der Waals surface area contributed by atoms with Crippen LogP contribution in [0.5, 0.6) is 0 Å². The molecule has 1 aliphatic heterocycles. The van der Waals surface area contributed by atoms with Crippen LogP contribution >= 0.6 is 0 Å². The molecule has 21 heavy (non-hydrogen) atoms. The maximum absolute atomic E-state index is 12.4. The molecule has 0 aromatic heterocycles. The van der Waals surface area contributed by atoms with Crippen LogP contribution in [0.25, 0.3) is 0 Å². The molecule has 1 atom stereocenters. The number of carbonyl (C=O) groups is 2. The fourth-order valence-electron chi connectivity index (χ4n) is 2.27. The number of rotatable bonds is 4. The van der Waals surface area contributed by atoms with E-state index in [2.05, 4.69) is 5.32 Å². The molecule has 1 fully saturated rings. The van der Waals surface area contributed by atoms with Crippen molar-refractivity contribution in [3.05, 3.63) is 29.8 Å². The van der Waals surface area contributed by atoms with Gasteiger partial charge in [0.25, 0.3) is 5.91 Å². The van der Waals surface area contributed by atoms with E-state index < -0.39 is 6.04 Å². The smallest absolute Gasteiger partial charge is 0.251 e. The van der Waals surface area contributed by atoms with Crippen LogP contribution in [0.3, 0.4) is 0 Å². The zero-order valence-electron chi connectivity index (χ0n) is 12.5. The maximum atomic E-state index is 12.4. The second-order valence-corrected chi connectivity index (χ2v) is 5.86. The lowest BCUT2D eigenvalue weighted by molar-refractivity contribution is -0.121. The standard InChI is InChI=1S/C16H19N3O2/c1-4-16(2,3)18-13-9-14(20)19(15(13)21)12-7-5-11(10-17)6-8-12/h5-8,13,18H,4,9H2,1-3H3. The number of anilines is 1. The second-order valence-electron chi connectivity index (χ2n) is 5.86. The maximum Gasteiger partial charge on any atom is 0.251 e. The fraction of sp³-hybridized carbons (Fsp3) is 0.438. The molecule has 1 N–H and O–H groups in total. The zero-order valence-corrected chi connectivity index (χ0v) is 12.5. The van der Waals surface area contributed by atoms with Gasteiger partial charge in [0.05, 0.1) is 29.8 Å². The van der Waals surface area contributed by atoms with Gasteiger partial charge in [-0.3, -0.25) is 9.59 Å². The first-order valence-electron chi connectivity index (χ1n) is 7.02. The summed E-state index contributed by atoms with van der Waals surface area (Å²) in [5, 5.41) is 12.0. The molecule has 0 bridgehead atoms. The van der Waals surface area contributed by atoms with Crippen LogP contribution in [0.4, 0.5) is 5.69 Å². The molecule has 0 saturated carbocycles. The topological polar surface area (TPSA) is 73.2 Å². The van der Waals surface area contributed by atoms with E-state index in [-0.39, 0.29) is 23.8 Å². The summed E-state index contributed by atoms with van der Waals surface area (Å²) in [6, 6.07) is 7.99. The zero-order chi connectivity index (χ0) is 15.6. The molecule has 0 aliphatic carbocycles. The molecule has 2 amide bonds. The molecule has 1 aliphatic rings. The number of imide groups is 1. The third kappa shape index (κ3) is 3.11. The van der Waals surface area contributed by atoms with E-state index in [1.54, 1.807) is 24.3 Å². The van der Waals surface area contributed by atoms with E-state index in [1.165, 1.54) is 4.90 Å². The molecule has 1 heterocycles. The first kappa shape index (κ1) is 15.2. The van der Waals surface area contributed by atoms with Gasteiger partial charge in [-0.2, -0.15) is 5.26 Å². The first-order chi connectivity index (χ1) is 9.88. The van der Waals surface area contributed by atoms with Gasteiger partial charge in [0.2, 0.25) is 5.91 Å². The third-order valence-electron chi connectivity index (χ3n) is 3.85. The number of nitriles is 1. The number of amides is 2. The molecule has 1 aromatic carbocycles. The van der Waals surface area contributed by atoms with Crippen LogP contribution in [0.2, 0.25) is 0 Å². The van der Waals surface area contributed by atoms with Crippen molar-refractivity contribution in [2.45, 2.75) is 45.2 Å². The Kier molecular flexibility index (Phi) is 4.10. The number of benzene rings is 1. The van der Waals surface area contributed by atoms with Crippen molar-refractivity contribution in [2.24, 2.45) is 0 Å². The Morgan fingerprint density at radius 2 is 1.95 bits per heavy atom. The van der Waals surface area contributed by atoms with Gasteiger partial charge in [-0.15, -0.1) is 0 Å². The van der Waals surface area contributed by atoms with Gasteiger partial charge >= 0.3 is 0 Å². The van der Waals surface area contributed by atoms with Crippen molar-refractivity contribution in [1.29, 1.82) is 5.26 Å². The Balaban J connectivity index is 2.20. The summed E-state index contributed by atoms with van der Waals surface area (Å²) in [4.78, 5) is 25.8. The fourth-order valence-corrected chi connectivity index (χ4v) is 2.27. The number of nitrogens with zero attached hydrogens (tertiary/aromatic N) is 2. The van der Waals surface area contributed by atoms with E-state index in [0.29, 0.717) is 11.3 Å². The highest BCUT2D eigenvalue weighted by Crippen LogP contribution is 2.24. The number of nitrogens with one attached hydrogen (secondary N) is 1. The van der Waals surface area contributed by atoms with Crippen LogP contribution < -0.4 is 10.2 Å². The molecule has 110 valence electrons. The van der Waals surface area contributed by atoms with Crippen LogP contribution in [-0.2, 0) is 9.59 Å². The molecule has 1 aromatic rings. The molecule has 5 heteroatoms. The Hall–Kier alpha value is -2.19. The molecule has 0 radical (unpaired) electrons. The van der Waals surface area contributed by atoms with Gasteiger partial charge in [-0.05, 0) is 44.5 Å². The number of hydrogen-bond acceptors (Lipinski definition) is 4. The number of carbonyl (C=O) groups excluding carboxylic acids is 2. The molecule has 2 rings (SSSR count). The van der Waals surface area contributed by atoms with Crippen molar-refractivity contribution in [3.8, 4) is 6.07 Å². The highest BCUT2D eigenvalue weighted by molar-refractivity contribution is 6.22.